The van der Waals surface area contributed by atoms with E-state index in [4.69, 9.17) is 16.3 Å². The van der Waals surface area contributed by atoms with E-state index in [0.29, 0.717) is 51.1 Å². The summed E-state index contributed by atoms with van der Waals surface area (Å²) in [7, 11) is -10.9. The predicted octanol–water partition coefficient (Wildman–Crippen LogP) is 8.11. The van der Waals surface area contributed by atoms with Crippen LogP contribution in [0.4, 0.5) is 24.5 Å². The summed E-state index contributed by atoms with van der Waals surface area (Å²) in [6.07, 6.45) is 4.76. The molecule has 0 spiro atoms. The lowest BCUT2D eigenvalue weighted by atomic mass is 9.71. The number of benzene rings is 4. The van der Waals surface area contributed by atoms with Crippen LogP contribution in [-0.4, -0.2) is 153 Å². The molecular weight excluding hydrogens is 1010 g/mol. The molecule has 20 heteroatoms. The number of hydrogen-bond donors (Lipinski definition) is 3. The van der Waals surface area contributed by atoms with Crippen molar-refractivity contribution in [3.63, 3.8) is 0 Å². The predicted molar refractivity (Wildman–Crippen MR) is 280 cm³/mol. The van der Waals surface area contributed by atoms with Crippen molar-refractivity contribution in [1.29, 1.82) is 0 Å². The second kappa shape index (κ2) is 24.0. The highest BCUT2D eigenvalue weighted by atomic mass is 35.5. The first-order chi connectivity index (χ1) is 34.4. The van der Waals surface area contributed by atoms with E-state index in [0.717, 1.165) is 119 Å². The Morgan fingerprint density at radius 2 is 1.57 bits per heavy atom. The fraction of sp³-hybridized carbons (Fsp3) is 0.481. The maximum Gasteiger partial charge on any atom is 0.501 e. The van der Waals surface area contributed by atoms with Gasteiger partial charge in [-0.1, -0.05) is 54.4 Å². The summed E-state index contributed by atoms with van der Waals surface area (Å²) < 4.78 is 104. The third-order valence-electron chi connectivity index (χ3n) is 14.1. The van der Waals surface area contributed by atoms with E-state index in [9.17, 15) is 34.8 Å². The monoisotopic (exact) mass is 1070 g/mol. The quantitative estimate of drug-likeness (QED) is 0.0827. The number of sulfonamides is 1. The van der Waals surface area contributed by atoms with Gasteiger partial charge in [0.05, 0.1) is 23.8 Å². The summed E-state index contributed by atoms with van der Waals surface area (Å²) in [6, 6.07) is 26.0. The van der Waals surface area contributed by atoms with Gasteiger partial charge in [-0.15, -0.1) is 11.8 Å². The van der Waals surface area contributed by atoms with E-state index < -0.39 is 52.8 Å². The summed E-state index contributed by atoms with van der Waals surface area (Å²) in [5.41, 5.74) is -1.02. The Hall–Kier alpha value is -4.18. The van der Waals surface area contributed by atoms with Crippen LogP contribution in [-0.2, 0) is 24.6 Å². The lowest BCUT2D eigenvalue weighted by Crippen LogP contribution is -2.47. The first-order valence-electron chi connectivity index (χ1n) is 24.7. The minimum atomic E-state index is -6.06. The van der Waals surface area contributed by atoms with Crippen LogP contribution < -0.4 is 20.3 Å². The summed E-state index contributed by atoms with van der Waals surface area (Å²) in [5.74, 6) is -0.653. The average Bonchev–Trinajstić information content (AvgIpc) is 3.64. The van der Waals surface area contributed by atoms with Crippen LogP contribution in [0.25, 0.3) is 5.57 Å². The molecule has 1 amide bonds. The van der Waals surface area contributed by atoms with E-state index in [2.05, 4.69) is 49.3 Å². The van der Waals surface area contributed by atoms with E-state index in [1.165, 1.54) is 40.6 Å². The number of alkyl halides is 3. The van der Waals surface area contributed by atoms with Crippen LogP contribution in [0.3, 0.4) is 0 Å². The number of anilines is 2. The molecule has 0 radical (unpaired) electrons. The Morgan fingerprint density at radius 3 is 2.28 bits per heavy atom. The van der Waals surface area contributed by atoms with Crippen molar-refractivity contribution in [2.24, 2.45) is 5.41 Å². The molecule has 390 valence electrons. The molecule has 3 saturated heterocycles. The van der Waals surface area contributed by atoms with Crippen LogP contribution in [0.1, 0.15) is 54.9 Å². The number of ether oxygens (including phenoxy) is 1. The third-order valence-corrected chi connectivity index (χ3v) is 18.4. The molecule has 3 heterocycles. The molecule has 3 aliphatic heterocycles. The maximum absolute atomic E-state index is 14.3. The van der Waals surface area contributed by atoms with Crippen LogP contribution in [0.5, 0.6) is 0 Å². The zero-order valence-electron chi connectivity index (χ0n) is 40.6. The van der Waals surface area contributed by atoms with E-state index in [-0.39, 0.29) is 11.0 Å². The molecule has 0 saturated carbocycles. The van der Waals surface area contributed by atoms with Crippen LogP contribution in [0.2, 0.25) is 5.02 Å². The number of nitrogens with zero attached hydrogens (tertiary/aromatic N) is 4. The van der Waals surface area contributed by atoms with Crippen LogP contribution in [0.15, 0.2) is 117 Å². The first kappa shape index (κ1) is 54.1. The summed E-state index contributed by atoms with van der Waals surface area (Å²) in [6.45, 7) is 14.7. The van der Waals surface area contributed by atoms with Gasteiger partial charge in [0, 0.05) is 105 Å². The number of carbonyl (C=O) groups is 1. The number of nitrogens with one attached hydrogen (secondary N) is 3. The summed E-state index contributed by atoms with van der Waals surface area (Å²) >= 11 is 7.75. The molecule has 4 aromatic carbocycles. The lowest BCUT2D eigenvalue weighted by molar-refractivity contribution is -0.0435. The number of morpholine rings is 1. The number of piperazine rings is 1. The van der Waals surface area contributed by atoms with Crippen molar-refractivity contribution < 1.29 is 39.5 Å². The van der Waals surface area contributed by atoms with Gasteiger partial charge in [-0.25, -0.2) is 21.6 Å². The average molecular weight is 1070 g/mol. The third kappa shape index (κ3) is 14.1. The van der Waals surface area contributed by atoms with E-state index in [1.807, 2.05) is 47.2 Å². The van der Waals surface area contributed by atoms with Crippen molar-refractivity contribution >= 4 is 66.1 Å². The van der Waals surface area contributed by atoms with Gasteiger partial charge >= 0.3 is 5.51 Å². The summed E-state index contributed by atoms with van der Waals surface area (Å²) in [4.78, 5) is 21.8. The topological polar surface area (TPSA) is 144 Å². The second-order valence-corrected chi connectivity index (χ2v) is 24.6. The number of allylic oxidation sites excluding steroid dienone is 1. The van der Waals surface area contributed by atoms with Crippen molar-refractivity contribution in [3.05, 3.63) is 119 Å². The Kier molecular flexibility index (Phi) is 18.0. The van der Waals surface area contributed by atoms with Gasteiger partial charge in [0.2, 0.25) is 0 Å². The molecular formula is C52H65ClF3N7O6S3. The number of thioether (sulfide) groups is 1. The number of sulfone groups is 1. The standard InChI is InChI=1S/C52H65ClF3N7O6S3/c1-51(38-62-23-5-21-57-22-25-62)20-18-47(39-8-12-42(53)13-9-39)41(35-51)36-61-26-28-63(29-27-61)44-14-10-40(11-15-44)50(64)59-72(67,68)46-16-17-48(49(34-46)71(65,66)52(54,55)56)58-43(19-24-60-30-32-69-33-31-60)37-70-45-6-3-2-4-7-45/h2-4,6-17,34,43,57-58H,5,18-33,35-38H2,1H3,(H,59,64)/t43-,51?/m1/s1. The van der Waals surface area contributed by atoms with Crippen molar-refractivity contribution in [2.45, 2.75) is 65.3 Å². The van der Waals surface area contributed by atoms with Crippen molar-refractivity contribution in [1.82, 2.24) is 24.7 Å². The van der Waals surface area contributed by atoms with E-state index >= 15 is 0 Å². The number of carbonyl (C=O) groups excluding carboxylic acids is 1. The van der Waals surface area contributed by atoms with E-state index in [1.54, 1.807) is 12.1 Å². The SMILES string of the molecule is CC1(CN2CCCNCC2)CCC(c2ccc(Cl)cc2)=C(CN2CCN(c3ccc(C(=O)NS(=O)(=O)c4ccc(N[C@H](CCN5CCOCC5)CSc5ccccc5)c(S(=O)(=O)C(F)(F)F)c4)cc3)CC2)C1. The Bertz CT molecular complexity index is 2720. The maximum atomic E-state index is 14.3. The molecule has 0 bridgehead atoms. The normalized spacial score (nSPS) is 20.8. The molecule has 4 aliphatic rings. The van der Waals surface area contributed by atoms with Gasteiger partial charge in [-0.2, -0.15) is 13.2 Å². The Balaban J connectivity index is 0.919. The van der Waals surface area contributed by atoms with Crippen molar-refractivity contribution in [2.75, 3.05) is 114 Å². The molecule has 72 heavy (non-hydrogen) atoms. The van der Waals surface area contributed by atoms with Gasteiger partial charge in [0.1, 0.15) is 4.90 Å². The Labute approximate surface area is 431 Å². The highest BCUT2D eigenvalue weighted by Gasteiger charge is 2.48. The molecule has 1 unspecified atom stereocenters. The van der Waals surface area contributed by atoms with Crippen LogP contribution >= 0.6 is 23.4 Å². The molecule has 0 aromatic heterocycles. The second-order valence-electron chi connectivity index (χ2n) is 19.5. The van der Waals surface area contributed by atoms with Gasteiger partial charge in [-0.05, 0) is 128 Å². The smallest absolute Gasteiger partial charge is 0.380 e. The molecule has 2 atom stereocenters. The number of hydrogen-bond acceptors (Lipinski definition) is 13. The van der Waals surface area contributed by atoms with Gasteiger partial charge < -0.3 is 25.2 Å². The highest BCUT2D eigenvalue weighted by molar-refractivity contribution is 7.99. The molecule has 3 fully saturated rings. The molecule has 8 rings (SSSR count). The molecule has 1 aliphatic carbocycles. The zero-order valence-corrected chi connectivity index (χ0v) is 43.8. The lowest BCUT2D eigenvalue weighted by Gasteiger charge is -2.42. The molecule has 13 nitrogen and oxygen atoms in total. The fourth-order valence-corrected chi connectivity index (χ4v) is 13.3. The molecule has 4 aromatic rings. The van der Waals surface area contributed by atoms with Crippen LogP contribution in [0, 0.1) is 5.41 Å². The number of halogens is 4. The largest absolute Gasteiger partial charge is 0.501 e. The minimum Gasteiger partial charge on any atom is -0.380 e. The summed E-state index contributed by atoms with van der Waals surface area (Å²) in [5, 5.41) is 7.25. The number of amides is 1. The highest BCUT2D eigenvalue weighted by Crippen LogP contribution is 2.44. The fourth-order valence-electron chi connectivity index (χ4n) is 10.1. The van der Waals surface area contributed by atoms with Gasteiger partial charge in [0.25, 0.3) is 25.8 Å². The minimum absolute atomic E-state index is 0.000127. The first-order valence-corrected chi connectivity index (χ1v) is 29.0. The van der Waals surface area contributed by atoms with Gasteiger partial charge in [-0.3, -0.25) is 14.6 Å². The number of rotatable bonds is 18. The Morgan fingerprint density at radius 1 is 0.847 bits per heavy atom. The van der Waals surface area contributed by atoms with Crippen molar-refractivity contribution in [3.8, 4) is 0 Å². The zero-order chi connectivity index (χ0) is 50.9. The molecule has 3 N–H and O–H groups in total. The van der Waals surface area contributed by atoms with Gasteiger partial charge in [0.15, 0.2) is 0 Å².